The second-order valence-corrected chi connectivity index (χ2v) is 3.46. The van der Waals surface area contributed by atoms with Crippen molar-refractivity contribution >= 4 is 5.95 Å². The van der Waals surface area contributed by atoms with E-state index in [1.807, 2.05) is 6.92 Å². The van der Waals surface area contributed by atoms with Crippen LogP contribution >= 0.6 is 0 Å². The number of unbranched alkanes of at least 4 members (excludes halogenated alkanes) is 1. The predicted octanol–water partition coefficient (Wildman–Crippen LogP) is 2.56. The zero-order chi connectivity index (χ0) is 10.4. The molecule has 3 nitrogen and oxygen atoms in total. The van der Waals surface area contributed by atoms with Crippen LogP contribution in [-0.4, -0.2) is 16.5 Å². The smallest absolute Gasteiger partial charge is 0.223 e. The molecule has 0 unspecified atom stereocenters. The van der Waals surface area contributed by atoms with Gasteiger partial charge >= 0.3 is 0 Å². The maximum absolute atomic E-state index is 4.44. The molecule has 0 aliphatic rings. The van der Waals surface area contributed by atoms with Gasteiger partial charge in [0, 0.05) is 17.9 Å². The number of aryl methyl sites for hydroxylation is 2. The third kappa shape index (κ3) is 3.32. The van der Waals surface area contributed by atoms with Gasteiger partial charge in [0.05, 0.1) is 0 Å². The molecule has 1 aromatic rings. The molecule has 0 atom stereocenters. The Labute approximate surface area is 86.0 Å². The van der Waals surface area contributed by atoms with Crippen molar-refractivity contribution in [1.82, 2.24) is 9.97 Å². The third-order valence-electron chi connectivity index (χ3n) is 2.03. The largest absolute Gasteiger partial charge is 0.354 e. The Morgan fingerprint density at radius 1 is 1.29 bits per heavy atom. The van der Waals surface area contributed by atoms with Crippen LogP contribution in [0, 0.1) is 6.92 Å². The lowest BCUT2D eigenvalue weighted by Crippen LogP contribution is -2.05. The summed E-state index contributed by atoms with van der Waals surface area (Å²) in [4.78, 5) is 8.75. The van der Waals surface area contributed by atoms with E-state index in [-0.39, 0.29) is 0 Å². The SMILES string of the molecule is CCCCc1cc(C)nc(NCC)n1. The molecule has 0 radical (unpaired) electrons. The predicted molar refractivity (Wildman–Crippen MR) is 59.5 cm³/mol. The summed E-state index contributed by atoms with van der Waals surface area (Å²) in [7, 11) is 0. The van der Waals surface area contributed by atoms with E-state index in [4.69, 9.17) is 0 Å². The summed E-state index contributed by atoms with van der Waals surface area (Å²) in [6.07, 6.45) is 3.46. The van der Waals surface area contributed by atoms with Crippen LogP contribution in [0.15, 0.2) is 6.07 Å². The van der Waals surface area contributed by atoms with Crippen molar-refractivity contribution in [1.29, 1.82) is 0 Å². The first-order valence-electron chi connectivity index (χ1n) is 5.34. The number of aromatic nitrogens is 2. The number of hydrogen-bond donors (Lipinski definition) is 1. The molecule has 0 fully saturated rings. The average molecular weight is 193 g/mol. The summed E-state index contributed by atoms with van der Waals surface area (Å²) in [5.74, 6) is 0.763. The first-order valence-corrected chi connectivity index (χ1v) is 5.34. The van der Waals surface area contributed by atoms with Crippen molar-refractivity contribution in [3.05, 3.63) is 17.5 Å². The Bertz CT molecular complexity index is 284. The molecular formula is C11H19N3. The minimum Gasteiger partial charge on any atom is -0.354 e. The van der Waals surface area contributed by atoms with Crippen LogP contribution in [0.1, 0.15) is 38.1 Å². The summed E-state index contributed by atoms with van der Waals surface area (Å²) in [6, 6.07) is 2.07. The van der Waals surface area contributed by atoms with Gasteiger partial charge in [-0.05, 0) is 32.8 Å². The standard InChI is InChI=1S/C11H19N3/c1-4-6-7-10-8-9(3)13-11(14-10)12-5-2/h8H,4-7H2,1-3H3,(H,12,13,14). The second-order valence-electron chi connectivity index (χ2n) is 3.46. The topological polar surface area (TPSA) is 37.8 Å². The zero-order valence-corrected chi connectivity index (χ0v) is 9.30. The first kappa shape index (κ1) is 11.0. The molecule has 0 amide bonds. The van der Waals surface area contributed by atoms with E-state index in [1.54, 1.807) is 0 Å². The molecule has 1 N–H and O–H groups in total. The van der Waals surface area contributed by atoms with E-state index in [9.17, 15) is 0 Å². The van der Waals surface area contributed by atoms with Crippen molar-refractivity contribution < 1.29 is 0 Å². The van der Waals surface area contributed by atoms with E-state index in [0.717, 1.165) is 30.3 Å². The lowest BCUT2D eigenvalue weighted by atomic mass is 10.2. The molecule has 0 bridgehead atoms. The Morgan fingerprint density at radius 3 is 2.71 bits per heavy atom. The van der Waals surface area contributed by atoms with E-state index in [0.29, 0.717) is 0 Å². The lowest BCUT2D eigenvalue weighted by molar-refractivity contribution is 0.771. The van der Waals surface area contributed by atoms with Crippen molar-refractivity contribution in [2.75, 3.05) is 11.9 Å². The Balaban J connectivity index is 2.73. The molecule has 0 saturated carbocycles. The van der Waals surface area contributed by atoms with Crippen molar-refractivity contribution in [2.24, 2.45) is 0 Å². The van der Waals surface area contributed by atoms with Gasteiger partial charge in [-0.25, -0.2) is 9.97 Å². The maximum atomic E-state index is 4.44. The van der Waals surface area contributed by atoms with Gasteiger partial charge in [-0.15, -0.1) is 0 Å². The number of hydrogen-bond acceptors (Lipinski definition) is 3. The van der Waals surface area contributed by atoms with E-state index in [1.165, 1.54) is 12.8 Å². The summed E-state index contributed by atoms with van der Waals surface area (Å²) >= 11 is 0. The van der Waals surface area contributed by atoms with Gasteiger partial charge in [0.2, 0.25) is 5.95 Å². The lowest BCUT2D eigenvalue weighted by Gasteiger charge is -2.05. The number of nitrogens with one attached hydrogen (secondary N) is 1. The van der Waals surface area contributed by atoms with Crippen LogP contribution in [0.2, 0.25) is 0 Å². The molecule has 1 aromatic heterocycles. The molecule has 0 aliphatic carbocycles. The highest BCUT2D eigenvalue weighted by molar-refractivity contribution is 5.27. The monoisotopic (exact) mass is 193 g/mol. The average Bonchev–Trinajstić information content (AvgIpc) is 2.14. The molecule has 0 aliphatic heterocycles. The highest BCUT2D eigenvalue weighted by Gasteiger charge is 2.00. The highest BCUT2D eigenvalue weighted by Crippen LogP contribution is 2.07. The van der Waals surface area contributed by atoms with Crippen molar-refractivity contribution in [3.63, 3.8) is 0 Å². The summed E-state index contributed by atoms with van der Waals surface area (Å²) in [5.41, 5.74) is 2.19. The molecule has 0 spiro atoms. The van der Waals surface area contributed by atoms with Gasteiger partial charge in [0.15, 0.2) is 0 Å². The molecule has 0 saturated heterocycles. The molecule has 0 aromatic carbocycles. The van der Waals surface area contributed by atoms with Crippen LogP contribution in [0.5, 0.6) is 0 Å². The van der Waals surface area contributed by atoms with E-state index < -0.39 is 0 Å². The Morgan fingerprint density at radius 2 is 2.07 bits per heavy atom. The van der Waals surface area contributed by atoms with Gasteiger partial charge in [-0.2, -0.15) is 0 Å². The van der Waals surface area contributed by atoms with Gasteiger partial charge in [0.25, 0.3) is 0 Å². The first-order chi connectivity index (χ1) is 6.76. The zero-order valence-electron chi connectivity index (χ0n) is 9.30. The molecule has 1 rings (SSSR count). The van der Waals surface area contributed by atoms with Crippen LogP contribution in [-0.2, 0) is 6.42 Å². The van der Waals surface area contributed by atoms with Crippen molar-refractivity contribution in [2.45, 2.75) is 40.0 Å². The maximum Gasteiger partial charge on any atom is 0.223 e. The fourth-order valence-electron chi connectivity index (χ4n) is 1.36. The van der Waals surface area contributed by atoms with Crippen LogP contribution < -0.4 is 5.32 Å². The van der Waals surface area contributed by atoms with Gasteiger partial charge in [0.1, 0.15) is 0 Å². The normalized spacial score (nSPS) is 10.2. The number of anilines is 1. The Hall–Kier alpha value is -1.12. The van der Waals surface area contributed by atoms with Gasteiger partial charge in [-0.3, -0.25) is 0 Å². The summed E-state index contributed by atoms with van der Waals surface area (Å²) in [5, 5.41) is 3.14. The van der Waals surface area contributed by atoms with Gasteiger partial charge < -0.3 is 5.32 Å². The third-order valence-corrected chi connectivity index (χ3v) is 2.03. The van der Waals surface area contributed by atoms with Gasteiger partial charge in [-0.1, -0.05) is 13.3 Å². The van der Waals surface area contributed by atoms with E-state index in [2.05, 4.69) is 35.2 Å². The summed E-state index contributed by atoms with van der Waals surface area (Å²) < 4.78 is 0. The number of rotatable bonds is 5. The van der Waals surface area contributed by atoms with E-state index >= 15 is 0 Å². The van der Waals surface area contributed by atoms with Crippen LogP contribution in [0.3, 0.4) is 0 Å². The minimum atomic E-state index is 0.763. The van der Waals surface area contributed by atoms with Crippen LogP contribution in [0.25, 0.3) is 0 Å². The highest BCUT2D eigenvalue weighted by atomic mass is 15.1. The number of nitrogens with zero attached hydrogens (tertiary/aromatic N) is 2. The molecule has 1 heterocycles. The quantitative estimate of drug-likeness (QED) is 0.781. The minimum absolute atomic E-state index is 0.763. The molecule has 14 heavy (non-hydrogen) atoms. The summed E-state index contributed by atoms with van der Waals surface area (Å²) in [6.45, 7) is 7.13. The fraction of sp³-hybridized carbons (Fsp3) is 0.636. The second kappa shape index (κ2) is 5.58. The fourth-order valence-corrected chi connectivity index (χ4v) is 1.36. The molecule has 3 heteroatoms. The van der Waals surface area contributed by atoms with Crippen molar-refractivity contribution in [3.8, 4) is 0 Å². The van der Waals surface area contributed by atoms with Crippen LogP contribution in [0.4, 0.5) is 5.95 Å². The Kier molecular flexibility index (Phi) is 4.36. The molecule has 78 valence electrons. The molecular weight excluding hydrogens is 174 g/mol.